The van der Waals surface area contributed by atoms with Crippen LogP contribution in [0.5, 0.6) is 5.75 Å². The van der Waals surface area contributed by atoms with Gasteiger partial charge in [0, 0.05) is 17.5 Å². The lowest BCUT2D eigenvalue weighted by Gasteiger charge is -2.37. The maximum atomic E-state index is 5.45. The third-order valence-electron chi connectivity index (χ3n) is 4.10. The molecule has 2 nitrogen and oxygen atoms in total. The summed E-state index contributed by atoms with van der Waals surface area (Å²) in [7, 11) is 1.76. The summed E-state index contributed by atoms with van der Waals surface area (Å²) in [6, 6.07) is 13.4. The normalized spacial score (nSPS) is 21.4. The molecule has 20 heavy (non-hydrogen) atoms. The average molecular weight is 287 g/mol. The van der Waals surface area contributed by atoms with Crippen LogP contribution < -0.4 is 10.1 Å². The molecule has 0 bridgehead atoms. The predicted octanol–water partition coefficient (Wildman–Crippen LogP) is 3.84. The van der Waals surface area contributed by atoms with Crippen molar-refractivity contribution in [2.24, 2.45) is 0 Å². The zero-order chi connectivity index (χ0) is 13.8. The lowest BCUT2D eigenvalue weighted by molar-refractivity contribution is 0.285. The van der Waals surface area contributed by atoms with Gasteiger partial charge in [-0.25, -0.2) is 0 Å². The maximum Gasteiger partial charge on any atom is 0.122 e. The van der Waals surface area contributed by atoms with Crippen molar-refractivity contribution < 1.29 is 4.74 Å². The second-order valence-electron chi connectivity index (χ2n) is 5.39. The smallest absolute Gasteiger partial charge is 0.122 e. The van der Waals surface area contributed by atoms with Crippen LogP contribution in [-0.2, 0) is 6.42 Å². The van der Waals surface area contributed by atoms with E-state index in [1.165, 1.54) is 23.3 Å². The maximum absolute atomic E-state index is 5.45. The fourth-order valence-electron chi connectivity index (χ4n) is 2.90. The Kier molecular flexibility index (Phi) is 4.38. The van der Waals surface area contributed by atoms with Crippen LogP contribution in [0.3, 0.4) is 0 Å². The van der Waals surface area contributed by atoms with Crippen LogP contribution in [0.15, 0.2) is 41.8 Å². The van der Waals surface area contributed by atoms with Crippen LogP contribution in [0, 0.1) is 0 Å². The average Bonchev–Trinajstić information content (AvgIpc) is 2.94. The van der Waals surface area contributed by atoms with Crippen LogP contribution in [-0.4, -0.2) is 19.7 Å². The Morgan fingerprint density at radius 2 is 2.05 bits per heavy atom. The van der Waals surface area contributed by atoms with Crippen molar-refractivity contribution >= 4 is 11.3 Å². The van der Waals surface area contributed by atoms with E-state index >= 15 is 0 Å². The number of thiophene rings is 1. The second-order valence-corrected chi connectivity index (χ2v) is 6.42. The minimum Gasteiger partial charge on any atom is -0.496 e. The number of hydrogen-bond donors (Lipinski definition) is 1. The summed E-state index contributed by atoms with van der Waals surface area (Å²) in [5.74, 6) is 1.69. The second kappa shape index (κ2) is 6.42. The molecule has 1 saturated carbocycles. The van der Waals surface area contributed by atoms with Crippen molar-refractivity contribution in [3.63, 3.8) is 0 Å². The van der Waals surface area contributed by atoms with E-state index in [2.05, 4.69) is 41.0 Å². The Hall–Kier alpha value is -1.32. The number of hydrogen-bond acceptors (Lipinski definition) is 3. The molecule has 1 aromatic carbocycles. The highest BCUT2D eigenvalue weighted by Gasteiger charge is 2.31. The van der Waals surface area contributed by atoms with Gasteiger partial charge < -0.3 is 10.1 Å². The van der Waals surface area contributed by atoms with Gasteiger partial charge in [-0.2, -0.15) is 0 Å². The first kappa shape index (κ1) is 13.7. The first-order valence-electron chi connectivity index (χ1n) is 7.25. The van der Waals surface area contributed by atoms with Crippen LogP contribution >= 0.6 is 11.3 Å². The van der Waals surface area contributed by atoms with Gasteiger partial charge in [0.15, 0.2) is 0 Å². The van der Waals surface area contributed by atoms with Gasteiger partial charge in [0.05, 0.1) is 7.11 Å². The van der Waals surface area contributed by atoms with Crippen molar-refractivity contribution in [3.05, 3.63) is 52.2 Å². The number of para-hydroxylation sites is 1. The largest absolute Gasteiger partial charge is 0.496 e. The molecular weight excluding hydrogens is 266 g/mol. The molecule has 0 saturated heterocycles. The molecule has 0 atom stereocenters. The molecule has 0 aliphatic heterocycles. The zero-order valence-corrected chi connectivity index (χ0v) is 12.7. The van der Waals surface area contributed by atoms with E-state index in [4.69, 9.17) is 4.74 Å². The summed E-state index contributed by atoms with van der Waals surface area (Å²) in [6.07, 6.45) is 3.60. The van der Waals surface area contributed by atoms with Crippen LogP contribution in [0.1, 0.15) is 29.2 Å². The quantitative estimate of drug-likeness (QED) is 0.871. The third-order valence-corrected chi connectivity index (χ3v) is 5.04. The minimum atomic E-state index is 0.658. The zero-order valence-electron chi connectivity index (χ0n) is 11.8. The molecular formula is C17H21NOS. The van der Waals surface area contributed by atoms with Gasteiger partial charge in [0.1, 0.15) is 5.75 Å². The van der Waals surface area contributed by atoms with Crippen molar-refractivity contribution in [1.82, 2.24) is 5.32 Å². The molecule has 1 heterocycles. The molecule has 1 N–H and O–H groups in total. The monoisotopic (exact) mass is 287 g/mol. The van der Waals surface area contributed by atoms with E-state index in [-0.39, 0.29) is 0 Å². The molecule has 1 aliphatic rings. The number of ether oxygens (including phenoxy) is 1. The minimum absolute atomic E-state index is 0.658. The van der Waals surface area contributed by atoms with Gasteiger partial charge in [0.2, 0.25) is 0 Å². The van der Waals surface area contributed by atoms with E-state index in [0.717, 1.165) is 18.7 Å². The fourth-order valence-corrected chi connectivity index (χ4v) is 3.61. The molecule has 1 aromatic heterocycles. The highest BCUT2D eigenvalue weighted by Crippen LogP contribution is 2.40. The number of nitrogens with one attached hydrogen (secondary N) is 1. The van der Waals surface area contributed by atoms with Gasteiger partial charge in [0.25, 0.3) is 0 Å². The highest BCUT2D eigenvalue weighted by atomic mass is 32.1. The van der Waals surface area contributed by atoms with E-state index in [9.17, 15) is 0 Å². The number of benzene rings is 1. The summed E-state index contributed by atoms with van der Waals surface area (Å²) in [6.45, 7) is 1.09. The molecule has 3 heteroatoms. The van der Waals surface area contributed by atoms with Crippen molar-refractivity contribution in [2.75, 3.05) is 13.7 Å². The number of rotatable bonds is 6. The Bertz CT molecular complexity index is 532. The van der Waals surface area contributed by atoms with Crippen LogP contribution in [0.2, 0.25) is 0 Å². The topological polar surface area (TPSA) is 21.3 Å². The molecule has 106 valence electrons. The van der Waals surface area contributed by atoms with Gasteiger partial charge in [-0.05, 0) is 48.3 Å². The highest BCUT2D eigenvalue weighted by molar-refractivity contribution is 7.09. The molecule has 2 aromatic rings. The predicted molar refractivity (Wildman–Crippen MR) is 84.8 cm³/mol. The Balaban J connectivity index is 1.44. The van der Waals surface area contributed by atoms with E-state index in [0.29, 0.717) is 12.0 Å². The SMILES string of the molecule is COc1ccccc1C1CC(NCCc2cccs2)C1. The fraction of sp³-hybridized carbons (Fsp3) is 0.412. The molecule has 1 fully saturated rings. The molecule has 0 radical (unpaired) electrons. The first-order valence-corrected chi connectivity index (χ1v) is 8.13. The molecule has 1 aliphatic carbocycles. The molecule has 0 unspecified atom stereocenters. The lowest BCUT2D eigenvalue weighted by atomic mass is 9.75. The Morgan fingerprint density at radius 1 is 1.20 bits per heavy atom. The van der Waals surface area contributed by atoms with E-state index in [1.807, 2.05) is 17.4 Å². The first-order chi connectivity index (χ1) is 9.86. The standard InChI is InChI=1S/C17H21NOS/c1-19-17-7-3-2-6-16(17)13-11-14(12-13)18-9-8-15-5-4-10-20-15/h2-7,10,13-14,18H,8-9,11-12H2,1H3. The van der Waals surface area contributed by atoms with E-state index < -0.39 is 0 Å². The number of methoxy groups -OCH3 is 1. The van der Waals surface area contributed by atoms with Crippen LogP contribution in [0.4, 0.5) is 0 Å². The summed E-state index contributed by atoms with van der Waals surface area (Å²) in [5, 5.41) is 5.81. The molecule has 0 amide bonds. The van der Waals surface area contributed by atoms with Crippen LogP contribution in [0.25, 0.3) is 0 Å². The van der Waals surface area contributed by atoms with Gasteiger partial charge in [-0.15, -0.1) is 11.3 Å². The molecule has 3 rings (SSSR count). The van der Waals surface area contributed by atoms with E-state index in [1.54, 1.807) is 7.11 Å². The Morgan fingerprint density at radius 3 is 2.80 bits per heavy atom. The summed E-state index contributed by atoms with van der Waals surface area (Å²) in [4.78, 5) is 1.47. The van der Waals surface area contributed by atoms with Gasteiger partial charge in [-0.1, -0.05) is 24.3 Å². The summed E-state index contributed by atoms with van der Waals surface area (Å²) in [5.41, 5.74) is 1.37. The van der Waals surface area contributed by atoms with Crippen molar-refractivity contribution in [1.29, 1.82) is 0 Å². The Labute approximate surface area is 124 Å². The summed E-state index contributed by atoms with van der Waals surface area (Å²) >= 11 is 1.85. The summed E-state index contributed by atoms with van der Waals surface area (Å²) < 4.78 is 5.45. The third kappa shape index (κ3) is 3.05. The lowest BCUT2D eigenvalue weighted by Crippen LogP contribution is -2.41. The molecule has 0 spiro atoms. The van der Waals surface area contributed by atoms with Crippen molar-refractivity contribution in [2.45, 2.75) is 31.2 Å². The van der Waals surface area contributed by atoms with Gasteiger partial charge >= 0.3 is 0 Å². The van der Waals surface area contributed by atoms with Gasteiger partial charge in [-0.3, -0.25) is 0 Å². The van der Waals surface area contributed by atoms with Crippen molar-refractivity contribution in [3.8, 4) is 5.75 Å².